The molecule has 0 spiro atoms. The number of aromatic nitrogens is 3. The van der Waals surface area contributed by atoms with Gasteiger partial charge in [-0.1, -0.05) is 34.8 Å². The molecule has 1 N–H and O–H groups in total. The number of hydrogen-bond acceptors (Lipinski definition) is 4. The van der Waals surface area contributed by atoms with Crippen LogP contribution < -0.4 is 5.32 Å². The van der Waals surface area contributed by atoms with E-state index in [2.05, 4.69) is 21.4 Å². The van der Waals surface area contributed by atoms with Crippen LogP contribution in [0.15, 0.2) is 30.6 Å². The van der Waals surface area contributed by atoms with Crippen LogP contribution in [0.2, 0.25) is 15.2 Å². The third kappa shape index (κ3) is 3.70. The average Bonchev–Trinajstić information content (AvgIpc) is 3.28. The van der Waals surface area contributed by atoms with Crippen molar-refractivity contribution in [2.24, 2.45) is 5.92 Å². The van der Waals surface area contributed by atoms with Gasteiger partial charge in [-0.05, 0) is 43.0 Å². The molecule has 1 aliphatic rings. The number of nitriles is 1. The summed E-state index contributed by atoms with van der Waals surface area (Å²) < 4.78 is 2.04. The molecule has 1 fully saturated rings. The number of anilines is 1. The Morgan fingerprint density at radius 3 is 2.85 bits per heavy atom. The first-order valence-corrected chi connectivity index (χ1v) is 9.79. The van der Waals surface area contributed by atoms with Crippen molar-refractivity contribution in [3.63, 3.8) is 0 Å². The van der Waals surface area contributed by atoms with Crippen molar-refractivity contribution in [2.75, 3.05) is 5.32 Å². The number of hydrogen-bond donors (Lipinski definition) is 1. The van der Waals surface area contributed by atoms with Gasteiger partial charge in [0.15, 0.2) is 5.65 Å². The minimum atomic E-state index is 0.0919. The summed E-state index contributed by atoms with van der Waals surface area (Å²) in [4.78, 5) is 9.02. The van der Waals surface area contributed by atoms with Gasteiger partial charge in [0.25, 0.3) is 0 Å². The van der Waals surface area contributed by atoms with Crippen LogP contribution in [0.3, 0.4) is 0 Å². The second-order valence-electron chi connectivity index (χ2n) is 6.70. The van der Waals surface area contributed by atoms with Crippen molar-refractivity contribution in [3.8, 4) is 6.07 Å². The first kappa shape index (κ1) is 18.4. The Bertz CT molecular complexity index is 1040. The maximum absolute atomic E-state index is 9.16. The van der Waals surface area contributed by atoms with Gasteiger partial charge in [0.05, 0.1) is 18.1 Å². The molecule has 0 saturated heterocycles. The number of halogens is 3. The van der Waals surface area contributed by atoms with E-state index in [1.54, 1.807) is 24.5 Å². The average molecular weight is 421 g/mol. The maximum atomic E-state index is 9.16. The number of pyridine rings is 1. The van der Waals surface area contributed by atoms with E-state index < -0.39 is 0 Å². The van der Waals surface area contributed by atoms with Gasteiger partial charge in [0.2, 0.25) is 0 Å². The second kappa shape index (κ2) is 7.55. The number of benzene rings is 1. The van der Waals surface area contributed by atoms with Gasteiger partial charge < -0.3 is 9.88 Å². The molecule has 8 heteroatoms. The van der Waals surface area contributed by atoms with Crippen LogP contribution >= 0.6 is 34.8 Å². The van der Waals surface area contributed by atoms with Gasteiger partial charge >= 0.3 is 0 Å². The number of fused-ring (bicyclic) bond motifs is 1. The Morgan fingerprint density at radius 1 is 1.22 bits per heavy atom. The lowest BCUT2D eigenvalue weighted by Crippen LogP contribution is -2.06. The zero-order valence-electron chi connectivity index (χ0n) is 14.3. The van der Waals surface area contributed by atoms with Gasteiger partial charge in [-0.15, -0.1) is 0 Å². The molecule has 1 aromatic carbocycles. The standard InChI is InChI=1S/C19H16Cl3N5/c20-13-2-4-15(21)12(6-13)9-24-16-7-17(22)26-19-18(16)25-10-27(19)14-3-1-11(5-14)8-23/h2,4,6-7,10-11,14H,1,3,5,9H2,(H,24,26). The summed E-state index contributed by atoms with van der Waals surface area (Å²) >= 11 is 18.6. The molecule has 0 amide bonds. The summed E-state index contributed by atoms with van der Waals surface area (Å²) in [6.45, 7) is 0.488. The first-order chi connectivity index (χ1) is 13.0. The Labute approximate surface area is 171 Å². The van der Waals surface area contributed by atoms with E-state index in [9.17, 15) is 0 Å². The number of nitrogens with one attached hydrogen (secondary N) is 1. The van der Waals surface area contributed by atoms with Crippen molar-refractivity contribution in [1.29, 1.82) is 5.26 Å². The van der Waals surface area contributed by atoms with Crippen LogP contribution in [0.25, 0.3) is 11.2 Å². The highest BCUT2D eigenvalue weighted by molar-refractivity contribution is 6.33. The predicted molar refractivity (Wildman–Crippen MR) is 108 cm³/mol. The van der Waals surface area contributed by atoms with E-state index in [1.165, 1.54) is 0 Å². The van der Waals surface area contributed by atoms with Gasteiger partial charge in [0.1, 0.15) is 10.7 Å². The normalized spacial score (nSPS) is 19.3. The largest absolute Gasteiger partial charge is 0.379 e. The molecule has 138 valence electrons. The quantitative estimate of drug-likeness (QED) is 0.536. The molecule has 1 saturated carbocycles. The molecule has 2 aromatic heterocycles. The number of nitrogens with zero attached hydrogens (tertiary/aromatic N) is 4. The lowest BCUT2D eigenvalue weighted by atomic mass is 10.1. The molecule has 0 bridgehead atoms. The van der Waals surface area contributed by atoms with Gasteiger partial charge in [0, 0.05) is 34.6 Å². The minimum Gasteiger partial charge on any atom is -0.379 e. The Kier molecular flexibility index (Phi) is 5.14. The SMILES string of the molecule is N#CC1CCC(n2cnc3c(NCc4cc(Cl)ccc4Cl)cc(Cl)nc32)C1. The highest BCUT2D eigenvalue weighted by Gasteiger charge is 2.27. The molecule has 2 heterocycles. The van der Waals surface area contributed by atoms with E-state index in [0.29, 0.717) is 21.7 Å². The fourth-order valence-electron chi connectivity index (χ4n) is 3.58. The summed E-state index contributed by atoms with van der Waals surface area (Å²) in [7, 11) is 0. The maximum Gasteiger partial charge on any atom is 0.163 e. The summed E-state index contributed by atoms with van der Waals surface area (Å²) in [5.74, 6) is 0.0919. The zero-order chi connectivity index (χ0) is 19.0. The van der Waals surface area contributed by atoms with Crippen LogP contribution in [0.4, 0.5) is 5.69 Å². The van der Waals surface area contributed by atoms with E-state index in [-0.39, 0.29) is 12.0 Å². The predicted octanol–water partition coefficient (Wildman–Crippen LogP) is 5.87. The molecule has 0 aliphatic heterocycles. The summed E-state index contributed by atoms with van der Waals surface area (Å²) in [6, 6.07) is 9.70. The van der Waals surface area contributed by atoms with Crippen LogP contribution in [0.5, 0.6) is 0 Å². The highest BCUT2D eigenvalue weighted by atomic mass is 35.5. The Hall–Kier alpha value is -2.00. The lowest BCUT2D eigenvalue weighted by Gasteiger charge is -2.13. The molecule has 1 aliphatic carbocycles. The molecular formula is C19H16Cl3N5. The monoisotopic (exact) mass is 419 g/mol. The van der Waals surface area contributed by atoms with E-state index in [0.717, 1.165) is 41.7 Å². The zero-order valence-corrected chi connectivity index (χ0v) is 16.6. The van der Waals surface area contributed by atoms with Crippen LogP contribution in [0, 0.1) is 17.2 Å². The second-order valence-corrected chi connectivity index (χ2v) is 7.93. The third-order valence-corrected chi connectivity index (χ3v) is 5.75. The lowest BCUT2D eigenvalue weighted by molar-refractivity contribution is 0.517. The fraction of sp³-hybridized carbons (Fsp3) is 0.316. The molecule has 3 aromatic rings. The molecule has 5 nitrogen and oxygen atoms in total. The van der Waals surface area contributed by atoms with Crippen LogP contribution in [-0.2, 0) is 6.54 Å². The van der Waals surface area contributed by atoms with Crippen LogP contribution in [-0.4, -0.2) is 14.5 Å². The molecule has 2 atom stereocenters. The summed E-state index contributed by atoms with van der Waals surface area (Å²) in [5.41, 5.74) is 3.15. The van der Waals surface area contributed by atoms with Gasteiger partial charge in [-0.25, -0.2) is 9.97 Å². The Balaban J connectivity index is 1.64. The van der Waals surface area contributed by atoms with Crippen molar-refractivity contribution in [1.82, 2.24) is 14.5 Å². The van der Waals surface area contributed by atoms with Crippen molar-refractivity contribution in [2.45, 2.75) is 31.8 Å². The minimum absolute atomic E-state index is 0.0919. The smallest absolute Gasteiger partial charge is 0.163 e. The van der Waals surface area contributed by atoms with E-state index in [1.807, 2.05) is 10.6 Å². The Morgan fingerprint density at radius 2 is 2.07 bits per heavy atom. The molecule has 4 rings (SSSR count). The topological polar surface area (TPSA) is 66.5 Å². The van der Waals surface area contributed by atoms with E-state index in [4.69, 9.17) is 40.1 Å². The fourth-order valence-corrected chi connectivity index (χ4v) is 4.14. The third-order valence-electron chi connectivity index (χ3n) is 4.96. The highest BCUT2D eigenvalue weighted by Crippen LogP contribution is 2.37. The molecule has 27 heavy (non-hydrogen) atoms. The van der Waals surface area contributed by atoms with Crippen molar-refractivity contribution in [3.05, 3.63) is 51.4 Å². The van der Waals surface area contributed by atoms with Crippen LogP contribution in [0.1, 0.15) is 30.9 Å². The van der Waals surface area contributed by atoms with Crippen molar-refractivity contribution < 1.29 is 0 Å². The first-order valence-electron chi connectivity index (χ1n) is 8.65. The summed E-state index contributed by atoms with van der Waals surface area (Å²) in [6.07, 6.45) is 4.45. The molecule has 2 unspecified atom stereocenters. The number of imidazole rings is 1. The molecule has 0 radical (unpaired) electrons. The van der Waals surface area contributed by atoms with E-state index >= 15 is 0 Å². The van der Waals surface area contributed by atoms with Gasteiger partial charge in [-0.3, -0.25) is 0 Å². The number of rotatable bonds is 4. The van der Waals surface area contributed by atoms with Gasteiger partial charge in [-0.2, -0.15) is 5.26 Å². The summed E-state index contributed by atoms with van der Waals surface area (Å²) in [5, 5.41) is 14.2. The van der Waals surface area contributed by atoms with Crippen molar-refractivity contribution >= 4 is 51.7 Å². The molecular weight excluding hydrogens is 405 g/mol.